The van der Waals surface area contributed by atoms with Crippen molar-refractivity contribution in [1.29, 1.82) is 0 Å². The highest BCUT2D eigenvalue weighted by molar-refractivity contribution is 5.64. The van der Waals surface area contributed by atoms with E-state index >= 15 is 0 Å². The van der Waals surface area contributed by atoms with E-state index in [0.717, 1.165) is 69.9 Å². The molecule has 1 aromatic carbocycles. The number of aryl methyl sites for hydroxylation is 1. The van der Waals surface area contributed by atoms with Crippen LogP contribution in [0.4, 0.5) is 11.4 Å². The second-order valence-electron chi connectivity index (χ2n) is 6.63. The molecule has 2 saturated heterocycles. The van der Waals surface area contributed by atoms with E-state index in [1.807, 2.05) is 13.0 Å². The summed E-state index contributed by atoms with van der Waals surface area (Å²) >= 11 is 0. The molecule has 2 aliphatic heterocycles. The molecule has 0 N–H and O–H groups in total. The summed E-state index contributed by atoms with van der Waals surface area (Å²) in [6.07, 6.45) is 2.99. The number of benzene rings is 1. The highest BCUT2D eigenvalue weighted by atomic mass is 16.6. The number of piperidine rings is 1. The van der Waals surface area contributed by atoms with Crippen LogP contribution in [-0.4, -0.2) is 62.4 Å². The standard InChI is InChI=1S/C18H27N3O4/c1-3-14-12-17(21(22)23)18(24-2)13-16(14)20-6-4-15(5-7-20)19-8-10-25-11-9-19/h12-13,15H,3-11H2,1-2H3. The van der Waals surface area contributed by atoms with Gasteiger partial charge in [0.15, 0.2) is 5.75 Å². The SMILES string of the molecule is CCc1cc([N+](=O)[O-])c(OC)cc1N1CCC(N2CCOCC2)CC1. The van der Waals surface area contributed by atoms with Crippen molar-refractivity contribution in [3.63, 3.8) is 0 Å². The average molecular weight is 349 g/mol. The molecule has 0 bridgehead atoms. The van der Waals surface area contributed by atoms with E-state index in [1.165, 1.54) is 7.11 Å². The summed E-state index contributed by atoms with van der Waals surface area (Å²) in [6, 6.07) is 4.12. The molecule has 3 rings (SSSR count). The number of nitro groups is 1. The van der Waals surface area contributed by atoms with Crippen molar-refractivity contribution in [2.45, 2.75) is 32.2 Å². The highest BCUT2D eigenvalue weighted by Crippen LogP contribution is 2.36. The number of morpholine rings is 1. The zero-order valence-corrected chi connectivity index (χ0v) is 15.1. The molecule has 7 nitrogen and oxygen atoms in total. The summed E-state index contributed by atoms with van der Waals surface area (Å²) in [6.45, 7) is 7.69. The van der Waals surface area contributed by atoms with Crippen LogP contribution in [0.1, 0.15) is 25.3 Å². The zero-order chi connectivity index (χ0) is 17.8. The van der Waals surface area contributed by atoms with Crippen LogP contribution in [0, 0.1) is 10.1 Å². The van der Waals surface area contributed by atoms with Gasteiger partial charge in [0.1, 0.15) is 0 Å². The topological polar surface area (TPSA) is 68.1 Å². The monoisotopic (exact) mass is 349 g/mol. The van der Waals surface area contributed by atoms with Gasteiger partial charge in [-0.3, -0.25) is 15.0 Å². The third-order valence-corrected chi connectivity index (χ3v) is 5.32. The van der Waals surface area contributed by atoms with Crippen LogP contribution in [0.2, 0.25) is 0 Å². The summed E-state index contributed by atoms with van der Waals surface area (Å²) in [4.78, 5) is 15.8. The molecular weight excluding hydrogens is 322 g/mol. The lowest BCUT2D eigenvalue weighted by Gasteiger charge is -2.41. The lowest BCUT2D eigenvalue weighted by atomic mass is 10.00. The molecule has 7 heteroatoms. The number of hydrogen-bond acceptors (Lipinski definition) is 6. The normalized spacial score (nSPS) is 19.8. The molecule has 2 fully saturated rings. The Hall–Kier alpha value is -1.86. The van der Waals surface area contributed by atoms with Gasteiger partial charge in [-0.25, -0.2) is 0 Å². The Labute approximate surface area is 148 Å². The minimum atomic E-state index is -0.369. The Kier molecular flexibility index (Phi) is 5.75. The Morgan fingerprint density at radius 2 is 1.92 bits per heavy atom. The Balaban J connectivity index is 1.74. The van der Waals surface area contributed by atoms with Crippen molar-refractivity contribution in [3.05, 3.63) is 27.8 Å². The largest absolute Gasteiger partial charge is 0.490 e. The molecule has 0 amide bonds. The number of ether oxygens (including phenoxy) is 2. The fourth-order valence-corrected chi connectivity index (χ4v) is 3.90. The molecule has 2 heterocycles. The molecule has 0 unspecified atom stereocenters. The maximum atomic E-state index is 11.3. The lowest BCUT2D eigenvalue weighted by Crippen LogP contribution is -2.49. The number of nitrogens with zero attached hydrogens (tertiary/aromatic N) is 3. The third kappa shape index (κ3) is 3.88. The molecule has 0 spiro atoms. The number of nitro benzene ring substituents is 1. The van der Waals surface area contributed by atoms with Crippen molar-refractivity contribution >= 4 is 11.4 Å². The maximum Gasteiger partial charge on any atom is 0.311 e. The van der Waals surface area contributed by atoms with E-state index in [2.05, 4.69) is 9.80 Å². The molecule has 138 valence electrons. The first kappa shape index (κ1) is 17.9. The second-order valence-corrected chi connectivity index (χ2v) is 6.63. The van der Waals surface area contributed by atoms with E-state index in [1.54, 1.807) is 6.07 Å². The van der Waals surface area contributed by atoms with E-state index in [-0.39, 0.29) is 10.6 Å². The van der Waals surface area contributed by atoms with Crippen molar-refractivity contribution in [2.75, 3.05) is 51.4 Å². The fourth-order valence-electron chi connectivity index (χ4n) is 3.90. The van der Waals surface area contributed by atoms with Crippen LogP contribution < -0.4 is 9.64 Å². The smallest absolute Gasteiger partial charge is 0.311 e. The van der Waals surface area contributed by atoms with E-state index < -0.39 is 0 Å². The number of hydrogen-bond donors (Lipinski definition) is 0. The zero-order valence-electron chi connectivity index (χ0n) is 15.1. The van der Waals surface area contributed by atoms with Gasteiger partial charge in [0, 0.05) is 50.0 Å². The molecule has 0 aromatic heterocycles. The predicted octanol–water partition coefficient (Wildman–Crippen LogP) is 2.47. The number of rotatable bonds is 5. The van der Waals surface area contributed by atoms with Gasteiger partial charge in [-0.15, -0.1) is 0 Å². The quantitative estimate of drug-likeness (QED) is 0.601. The van der Waals surface area contributed by atoms with Crippen LogP contribution in [0.15, 0.2) is 12.1 Å². The van der Waals surface area contributed by atoms with Crippen LogP contribution in [0.3, 0.4) is 0 Å². The van der Waals surface area contributed by atoms with Gasteiger partial charge in [-0.05, 0) is 24.8 Å². The maximum absolute atomic E-state index is 11.3. The molecule has 0 atom stereocenters. The van der Waals surface area contributed by atoms with Gasteiger partial charge < -0.3 is 14.4 Å². The molecule has 0 saturated carbocycles. The van der Waals surface area contributed by atoms with Crippen LogP contribution in [-0.2, 0) is 11.2 Å². The Bertz CT molecular complexity index is 609. The third-order valence-electron chi connectivity index (χ3n) is 5.32. The molecule has 0 radical (unpaired) electrons. The van der Waals surface area contributed by atoms with Crippen molar-refractivity contribution in [1.82, 2.24) is 4.90 Å². The average Bonchev–Trinajstić information content (AvgIpc) is 2.67. The molecular formula is C18H27N3O4. The first-order chi connectivity index (χ1) is 12.1. The van der Waals surface area contributed by atoms with Crippen LogP contribution in [0.25, 0.3) is 0 Å². The van der Waals surface area contributed by atoms with Crippen molar-refractivity contribution in [2.24, 2.45) is 0 Å². The predicted molar refractivity (Wildman–Crippen MR) is 96.7 cm³/mol. The summed E-state index contributed by atoms with van der Waals surface area (Å²) < 4.78 is 10.7. The van der Waals surface area contributed by atoms with E-state index in [0.29, 0.717) is 11.8 Å². The first-order valence-corrected chi connectivity index (χ1v) is 9.06. The van der Waals surface area contributed by atoms with Crippen LogP contribution >= 0.6 is 0 Å². The minimum Gasteiger partial charge on any atom is -0.490 e. The minimum absolute atomic E-state index is 0.0475. The van der Waals surface area contributed by atoms with Gasteiger partial charge in [0.25, 0.3) is 0 Å². The lowest BCUT2D eigenvalue weighted by molar-refractivity contribution is -0.385. The van der Waals surface area contributed by atoms with Gasteiger partial charge in [0.05, 0.1) is 25.2 Å². The van der Waals surface area contributed by atoms with Gasteiger partial charge >= 0.3 is 5.69 Å². The molecule has 0 aliphatic carbocycles. The summed E-state index contributed by atoms with van der Waals surface area (Å²) in [5, 5.41) is 11.3. The molecule has 2 aliphatic rings. The first-order valence-electron chi connectivity index (χ1n) is 9.06. The Morgan fingerprint density at radius 3 is 2.48 bits per heavy atom. The van der Waals surface area contributed by atoms with Gasteiger partial charge in [-0.2, -0.15) is 0 Å². The second kappa shape index (κ2) is 8.01. The van der Waals surface area contributed by atoms with Crippen molar-refractivity contribution < 1.29 is 14.4 Å². The summed E-state index contributed by atoms with van der Waals surface area (Å²) in [5.74, 6) is 0.340. The van der Waals surface area contributed by atoms with Crippen molar-refractivity contribution in [3.8, 4) is 5.75 Å². The Morgan fingerprint density at radius 1 is 1.24 bits per heavy atom. The summed E-state index contributed by atoms with van der Waals surface area (Å²) in [5.41, 5.74) is 2.13. The molecule has 1 aromatic rings. The number of methoxy groups -OCH3 is 1. The van der Waals surface area contributed by atoms with Gasteiger partial charge in [0.2, 0.25) is 0 Å². The van der Waals surface area contributed by atoms with E-state index in [4.69, 9.17) is 9.47 Å². The fraction of sp³-hybridized carbons (Fsp3) is 0.667. The highest BCUT2D eigenvalue weighted by Gasteiger charge is 2.28. The van der Waals surface area contributed by atoms with Crippen LogP contribution in [0.5, 0.6) is 5.75 Å². The number of anilines is 1. The molecule has 25 heavy (non-hydrogen) atoms. The summed E-state index contributed by atoms with van der Waals surface area (Å²) in [7, 11) is 1.49. The van der Waals surface area contributed by atoms with Gasteiger partial charge in [-0.1, -0.05) is 6.92 Å². The van der Waals surface area contributed by atoms with E-state index in [9.17, 15) is 10.1 Å².